The Hall–Kier alpha value is 2.75. The van der Waals surface area contributed by atoms with E-state index in [2.05, 4.69) is 6.42 Å². The molecule has 88 valence electrons. The average molecular weight is 888 g/mol. The minimum absolute atomic E-state index is 0. The molecule has 2 aliphatic carbocycles. The average Bonchev–Trinajstić information content (AvgIpc) is 2.33. The van der Waals surface area contributed by atoms with Crippen molar-refractivity contribution in [1.82, 2.24) is 0 Å². The number of rotatable bonds is 0. The normalized spacial score (nSPS) is 25.2. The molecule has 0 N–H and O–H groups in total. The predicted octanol–water partition coefficient (Wildman–Crippen LogP) is 3.62. The first kappa shape index (κ1) is 26.3. The Labute approximate surface area is 153 Å². The smallest absolute Gasteiger partial charge is 0.335 e. The van der Waals surface area contributed by atoms with Crippen molar-refractivity contribution in [3.63, 3.8) is 0 Å². The maximum atomic E-state index is 2.53. The van der Waals surface area contributed by atoms with Gasteiger partial charge in [0.15, 0.2) is 0 Å². The largest absolute Gasteiger partial charge is 2.00 e. The molecule has 4 heteroatoms. The van der Waals surface area contributed by atoms with E-state index in [-0.39, 0.29) is 84.3 Å². The van der Waals surface area contributed by atoms with Gasteiger partial charge < -0.3 is 12.8 Å². The molecule has 0 nitrogen and oxygen atoms in total. The van der Waals surface area contributed by atoms with Gasteiger partial charge in [-0.25, -0.2) is 0 Å². The second-order valence-electron chi connectivity index (χ2n) is 3.83. The summed E-state index contributed by atoms with van der Waals surface area (Å²) in [6.45, 7) is 4.00. The van der Waals surface area contributed by atoms with E-state index >= 15 is 0 Å². The van der Waals surface area contributed by atoms with Crippen molar-refractivity contribution in [2.75, 3.05) is 0 Å². The van der Waals surface area contributed by atoms with Crippen LogP contribution in [-0.4, -0.2) is 0 Å². The summed E-state index contributed by atoms with van der Waals surface area (Å²) in [7, 11) is 0. The second kappa shape index (κ2) is 16.8. The summed E-state index contributed by atoms with van der Waals surface area (Å²) < 4.78 is 0. The zero-order chi connectivity index (χ0) is 8.10. The Morgan fingerprint density at radius 2 is 1.53 bits per heavy atom. The summed E-state index contributed by atoms with van der Waals surface area (Å²) in [4.78, 5) is 0. The Kier molecular flexibility index (Phi) is 29.4. The van der Waals surface area contributed by atoms with E-state index in [1.807, 2.05) is 20.3 Å². The van der Waals surface area contributed by atoms with Crippen LogP contribution < -0.4 is 0 Å². The summed E-state index contributed by atoms with van der Waals surface area (Å²) in [6, 6.07) is 0. The molecule has 0 aromatic rings. The number of hydrogen-bond donors (Lipinski definition) is 0. The molecule has 2 saturated carbocycles. The van der Waals surface area contributed by atoms with E-state index in [0.717, 1.165) is 11.8 Å². The van der Waals surface area contributed by atoms with Gasteiger partial charge in [0.25, 0.3) is 0 Å². The van der Waals surface area contributed by atoms with Crippen LogP contribution in [0.2, 0.25) is 0 Å². The van der Waals surface area contributed by atoms with Gasteiger partial charge in [-0.15, -0.1) is 0 Å². The predicted molar refractivity (Wildman–Crippen MR) is 50.0 cm³/mol. The SMILES string of the molecule is C[CH-]C.[CH-]1CCC2CCC1C2.[W+2].[W].[W].[W]. The molecule has 0 heterocycles. The van der Waals surface area contributed by atoms with Crippen LogP contribution in [-0.2, 0) is 84.3 Å². The van der Waals surface area contributed by atoms with Crippen molar-refractivity contribution in [3.8, 4) is 0 Å². The molecule has 0 amide bonds. The topological polar surface area (TPSA) is 0 Å². The minimum atomic E-state index is 0. The first-order valence-corrected chi connectivity index (χ1v) is 4.94. The van der Waals surface area contributed by atoms with Crippen molar-refractivity contribution in [2.45, 2.75) is 46.0 Å². The maximum Gasteiger partial charge on any atom is 2.00 e. The van der Waals surface area contributed by atoms with Gasteiger partial charge >= 0.3 is 21.1 Å². The minimum Gasteiger partial charge on any atom is -0.335 e. The zero-order valence-corrected chi connectivity index (χ0v) is 21.2. The Balaban J connectivity index is -0.0000000799. The molecule has 0 aromatic heterocycles. The van der Waals surface area contributed by atoms with Crippen molar-refractivity contribution >= 4 is 0 Å². The van der Waals surface area contributed by atoms with Gasteiger partial charge in [-0.2, -0.15) is 26.2 Å². The van der Waals surface area contributed by atoms with E-state index in [4.69, 9.17) is 0 Å². The molecule has 2 fully saturated rings. The van der Waals surface area contributed by atoms with E-state index in [0.29, 0.717) is 0 Å². The van der Waals surface area contributed by atoms with Crippen molar-refractivity contribution < 1.29 is 84.3 Å². The molecule has 2 rings (SSSR count). The summed E-state index contributed by atoms with van der Waals surface area (Å²) in [5, 5.41) is 0. The molecule has 0 saturated heterocycles. The van der Waals surface area contributed by atoms with Gasteiger partial charge in [-0.05, 0) is 5.92 Å². The van der Waals surface area contributed by atoms with Crippen LogP contribution in [0.5, 0.6) is 0 Å². The first-order chi connectivity index (χ1) is 5.36. The van der Waals surface area contributed by atoms with Crippen molar-refractivity contribution in [2.24, 2.45) is 11.8 Å². The molecule has 0 radical (unpaired) electrons. The second-order valence-corrected chi connectivity index (χ2v) is 3.83. The molecule has 0 spiro atoms. The molecule has 2 aliphatic rings. The van der Waals surface area contributed by atoms with Crippen molar-refractivity contribution in [1.29, 1.82) is 0 Å². The number of hydrogen-bond acceptors (Lipinski definition) is 0. The van der Waals surface area contributed by atoms with Crippen LogP contribution in [0.25, 0.3) is 0 Å². The van der Waals surface area contributed by atoms with Gasteiger partial charge in [0.1, 0.15) is 0 Å². The van der Waals surface area contributed by atoms with E-state index < -0.39 is 0 Å². The van der Waals surface area contributed by atoms with Crippen LogP contribution in [0.3, 0.4) is 0 Å². The Morgan fingerprint density at radius 1 is 1.00 bits per heavy atom. The van der Waals surface area contributed by atoms with E-state index in [9.17, 15) is 0 Å². The molecular formula is C11H20W4. The Bertz CT molecular complexity index is 94.8. The third kappa shape index (κ3) is 11.6. The summed E-state index contributed by atoms with van der Waals surface area (Å²) >= 11 is 0. The third-order valence-corrected chi connectivity index (χ3v) is 2.66. The van der Waals surface area contributed by atoms with Gasteiger partial charge in [-0.3, -0.25) is 0 Å². The monoisotopic (exact) mass is 888 g/mol. The van der Waals surface area contributed by atoms with E-state index in [1.165, 1.54) is 32.1 Å². The van der Waals surface area contributed by atoms with Crippen LogP contribution >= 0.6 is 0 Å². The summed E-state index contributed by atoms with van der Waals surface area (Å²) in [6.07, 6.45) is 12.0. The van der Waals surface area contributed by atoms with Gasteiger partial charge in [0.2, 0.25) is 0 Å². The standard InChI is InChI=1S/C8H13.C3H7.4W/c1-2-7-4-5-8(3-1)6-7;1-3-2;;;;/h2,7-8H,1,3-6H2;3H,1-2H3;;;;/q2*-1;;;;+2. The quantitative estimate of drug-likeness (QED) is 0.327. The van der Waals surface area contributed by atoms with Gasteiger partial charge in [-0.1, -0.05) is 25.7 Å². The molecule has 15 heavy (non-hydrogen) atoms. The fourth-order valence-corrected chi connectivity index (χ4v) is 2.16. The molecule has 2 bridgehead atoms. The maximum absolute atomic E-state index is 2.53. The zero-order valence-electron chi connectivity index (χ0n) is 9.48. The van der Waals surface area contributed by atoms with Crippen LogP contribution in [0.4, 0.5) is 0 Å². The molecule has 2 atom stereocenters. The van der Waals surface area contributed by atoms with Crippen LogP contribution in [0.15, 0.2) is 0 Å². The summed E-state index contributed by atoms with van der Waals surface area (Å²) in [5.74, 6) is 2.17. The van der Waals surface area contributed by atoms with Crippen LogP contribution in [0, 0.1) is 24.7 Å². The van der Waals surface area contributed by atoms with Gasteiger partial charge in [0, 0.05) is 63.2 Å². The van der Waals surface area contributed by atoms with Crippen LogP contribution in [0.1, 0.15) is 46.0 Å². The fraction of sp³-hybridized carbons (Fsp3) is 0.818. The first-order valence-electron chi connectivity index (χ1n) is 4.94. The van der Waals surface area contributed by atoms with Crippen molar-refractivity contribution in [3.05, 3.63) is 12.8 Å². The molecule has 2 unspecified atom stereocenters. The van der Waals surface area contributed by atoms with E-state index in [1.54, 1.807) is 0 Å². The third-order valence-electron chi connectivity index (χ3n) is 2.66. The van der Waals surface area contributed by atoms with Gasteiger partial charge in [0.05, 0.1) is 0 Å². The molecule has 0 aromatic carbocycles. The number of fused-ring (bicyclic) bond motifs is 2. The molecular weight excluding hydrogens is 867 g/mol. The Morgan fingerprint density at radius 3 is 1.93 bits per heavy atom. The fourth-order valence-electron chi connectivity index (χ4n) is 2.16. The summed E-state index contributed by atoms with van der Waals surface area (Å²) in [5.41, 5.74) is 0. The molecule has 0 aliphatic heterocycles.